The Morgan fingerprint density at radius 1 is 0.800 bits per heavy atom. The molecule has 0 radical (unpaired) electrons. The molecule has 0 bridgehead atoms. The topological polar surface area (TPSA) is 59.5 Å². The molecule has 0 atom stereocenters. The summed E-state index contributed by atoms with van der Waals surface area (Å²) < 4.78 is 5.48. The van der Waals surface area contributed by atoms with E-state index in [9.17, 15) is 9.59 Å². The van der Waals surface area contributed by atoms with Crippen molar-refractivity contribution >= 4 is 33.6 Å². The first-order valence-electron chi connectivity index (χ1n) is 11.4. The Balaban J connectivity index is 1.42. The van der Waals surface area contributed by atoms with E-state index >= 15 is 0 Å². The van der Waals surface area contributed by atoms with Crippen molar-refractivity contribution in [3.8, 4) is 11.3 Å². The first kappa shape index (κ1) is 22.3. The lowest BCUT2D eigenvalue weighted by atomic mass is 9.99. The van der Waals surface area contributed by atoms with Crippen LogP contribution in [0.3, 0.4) is 0 Å². The summed E-state index contributed by atoms with van der Waals surface area (Å²) >= 11 is 0. The molecule has 0 N–H and O–H groups in total. The molecule has 172 valence electrons. The number of rotatable bonds is 6. The minimum absolute atomic E-state index is 0.269. The van der Waals surface area contributed by atoms with Crippen LogP contribution in [-0.2, 0) is 16.1 Å². The van der Waals surface area contributed by atoms with Crippen molar-refractivity contribution in [3.05, 3.63) is 114 Å². The molecule has 0 unspecified atom stereocenters. The highest BCUT2D eigenvalue weighted by molar-refractivity contribution is 6.06. The first-order chi connectivity index (χ1) is 17.1. The lowest BCUT2D eigenvalue weighted by Gasteiger charge is -2.17. The summed E-state index contributed by atoms with van der Waals surface area (Å²) in [6, 6.07) is 33.0. The van der Waals surface area contributed by atoms with E-state index in [2.05, 4.69) is 0 Å². The minimum Gasteiger partial charge on any atom is -0.452 e. The van der Waals surface area contributed by atoms with Gasteiger partial charge in [-0.15, -0.1) is 0 Å². The van der Waals surface area contributed by atoms with Crippen molar-refractivity contribution in [1.82, 2.24) is 9.88 Å². The normalized spacial score (nSPS) is 10.9. The molecule has 0 aliphatic heterocycles. The molecule has 35 heavy (non-hydrogen) atoms. The average molecular weight is 461 g/mol. The molecule has 0 aliphatic rings. The number of esters is 1. The molecule has 0 aliphatic carbocycles. The molecule has 4 aromatic carbocycles. The smallest absolute Gasteiger partial charge is 0.339 e. The SMILES string of the molecule is CN(Cc1ccccc1)C(=O)COC(=O)c1cc(-c2cccc3ccccc23)nc2ccccc12. The number of fused-ring (bicyclic) bond motifs is 2. The van der Waals surface area contributed by atoms with Crippen LogP contribution in [-0.4, -0.2) is 35.4 Å². The van der Waals surface area contributed by atoms with Gasteiger partial charge >= 0.3 is 5.97 Å². The predicted molar refractivity (Wildman–Crippen MR) is 138 cm³/mol. The third-order valence-electron chi connectivity index (χ3n) is 6.02. The molecule has 0 fully saturated rings. The van der Waals surface area contributed by atoms with Crippen LogP contribution in [0, 0.1) is 0 Å². The summed E-state index contributed by atoms with van der Waals surface area (Å²) in [5.41, 5.74) is 3.70. The zero-order valence-corrected chi connectivity index (χ0v) is 19.3. The molecule has 0 saturated heterocycles. The van der Waals surface area contributed by atoms with Crippen LogP contribution in [0.5, 0.6) is 0 Å². The number of nitrogens with zero attached hydrogens (tertiary/aromatic N) is 2. The van der Waals surface area contributed by atoms with Crippen LogP contribution in [0.25, 0.3) is 32.9 Å². The highest BCUT2D eigenvalue weighted by Gasteiger charge is 2.18. The maximum Gasteiger partial charge on any atom is 0.339 e. The molecule has 1 heterocycles. The van der Waals surface area contributed by atoms with E-state index in [1.807, 2.05) is 97.1 Å². The lowest BCUT2D eigenvalue weighted by molar-refractivity contribution is -0.133. The van der Waals surface area contributed by atoms with Gasteiger partial charge in [-0.2, -0.15) is 0 Å². The van der Waals surface area contributed by atoms with E-state index in [0.29, 0.717) is 28.7 Å². The number of aromatic nitrogens is 1. The van der Waals surface area contributed by atoms with Gasteiger partial charge in [-0.05, 0) is 28.5 Å². The number of amides is 1. The molecule has 5 heteroatoms. The van der Waals surface area contributed by atoms with Crippen molar-refractivity contribution < 1.29 is 14.3 Å². The van der Waals surface area contributed by atoms with E-state index in [0.717, 1.165) is 21.9 Å². The second-order valence-electron chi connectivity index (χ2n) is 8.41. The molecule has 1 aromatic heterocycles. The van der Waals surface area contributed by atoms with Crippen LogP contribution >= 0.6 is 0 Å². The highest BCUT2D eigenvalue weighted by Crippen LogP contribution is 2.30. The van der Waals surface area contributed by atoms with E-state index in [1.54, 1.807) is 18.0 Å². The van der Waals surface area contributed by atoms with Gasteiger partial charge in [-0.1, -0.05) is 91.0 Å². The van der Waals surface area contributed by atoms with Gasteiger partial charge in [0.25, 0.3) is 5.91 Å². The zero-order valence-electron chi connectivity index (χ0n) is 19.3. The third kappa shape index (κ3) is 4.75. The minimum atomic E-state index is -0.549. The lowest BCUT2D eigenvalue weighted by Crippen LogP contribution is -2.30. The summed E-state index contributed by atoms with van der Waals surface area (Å²) in [7, 11) is 1.70. The van der Waals surface area contributed by atoms with Crippen molar-refractivity contribution in [2.75, 3.05) is 13.7 Å². The Hall–Kier alpha value is -4.51. The summed E-state index contributed by atoms with van der Waals surface area (Å²) in [4.78, 5) is 32.2. The van der Waals surface area contributed by atoms with Crippen LogP contribution in [0.2, 0.25) is 0 Å². The number of hydrogen-bond acceptors (Lipinski definition) is 4. The Bertz CT molecular complexity index is 1520. The maximum atomic E-state index is 13.2. The number of para-hydroxylation sites is 1. The summed E-state index contributed by atoms with van der Waals surface area (Å²) in [5, 5.41) is 2.83. The van der Waals surface area contributed by atoms with Gasteiger partial charge in [0.1, 0.15) is 0 Å². The van der Waals surface area contributed by atoms with Crippen LogP contribution < -0.4 is 0 Å². The molecule has 0 spiro atoms. The standard InChI is InChI=1S/C30H24N2O3/c1-32(19-21-10-3-2-4-11-21)29(33)20-35-30(34)26-18-28(31-27-17-8-7-15-25(26)27)24-16-9-13-22-12-5-6-14-23(22)24/h2-18H,19-20H2,1H3. The van der Waals surface area contributed by atoms with Crippen LogP contribution in [0.4, 0.5) is 0 Å². The Labute approximate surface area is 203 Å². The highest BCUT2D eigenvalue weighted by atomic mass is 16.5. The van der Waals surface area contributed by atoms with Gasteiger partial charge in [-0.3, -0.25) is 4.79 Å². The fourth-order valence-electron chi connectivity index (χ4n) is 4.19. The van der Waals surface area contributed by atoms with Crippen molar-refractivity contribution in [2.45, 2.75) is 6.54 Å². The summed E-state index contributed by atoms with van der Waals surface area (Å²) in [6.07, 6.45) is 0. The maximum absolute atomic E-state index is 13.2. The average Bonchev–Trinajstić information content (AvgIpc) is 2.91. The number of benzene rings is 4. The Morgan fingerprint density at radius 2 is 1.49 bits per heavy atom. The number of pyridine rings is 1. The van der Waals surface area contributed by atoms with Gasteiger partial charge < -0.3 is 9.64 Å². The number of ether oxygens (including phenoxy) is 1. The molecule has 5 aromatic rings. The van der Waals surface area contributed by atoms with Crippen LogP contribution in [0.15, 0.2) is 103 Å². The van der Waals surface area contributed by atoms with Gasteiger partial charge in [0.2, 0.25) is 0 Å². The molecular formula is C30H24N2O3. The summed E-state index contributed by atoms with van der Waals surface area (Å²) in [6.45, 7) is 0.114. The third-order valence-corrected chi connectivity index (χ3v) is 6.02. The van der Waals surface area contributed by atoms with Crippen molar-refractivity contribution in [2.24, 2.45) is 0 Å². The van der Waals surface area contributed by atoms with E-state index in [1.165, 1.54) is 0 Å². The summed E-state index contributed by atoms with van der Waals surface area (Å²) in [5.74, 6) is -0.818. The second-order valence-corrected chi connectivity index (χ2v) is 8.41. The van der Waals surface area contributed by atoms with Gasteiger partial charge in [0.15, 0.2) is 6.61 Å². The predicted octanol–water partition coefficient (Wildman–Crippen LogP) is 5.87. The number of likely N-dealkylation sites (N-methyl/N-ethyl adjacent to an activating group) is 1. The number of carbonyl (C=O) groups excluding carboxylic acids is 2. The largest absolute Gasteiger partial charge is 0.452 e. The fourth-order valence-corrected chi connectivity index (χ4v) is 4.19. The molecule has 0 saturated carbocycles. The first-order valence-corrected chi connectivity index (χ1v) is 11.4. The Kier molecular flexibility index (Phi) is 6.22. The number of carbonyl (C=O) groups is 2. The molecule has 5 rings (SSSR count). The zero-order chi connectivity index (χ0) is 24.2. The van der Waals surface area contributed by atoms with Gasteiger partial charge in [0, 0.05) is 24.5 Å². The number of hydrogen-bond donors (Lipinski definition) is 0. The monoisotopic (exact) mass is 460 g/mol. The van der Waals surface area contributed by atoms with E-state index in [-0.39, 0.29) is 12.5 Å². The van der Waals surface area contributed by atoms with Crippen molar-refractivity contribution in [1.29, 1.82) is 0 Å². The van der Waals surface area contributed by atoms with E-state index in [4.69, 9.17) is 9.72 Å². The van der Waals surface area contributed by atoms with Crippen LogP contribution in [0.1, 0.15) is 15.9 Å². The second kappa shape index (κ2) is 9.77. The molecular weight excluding hydrogens is 436 g/mol. The molecule has 1 amide bonds. The molecule has 5 nitrogen and oxygen atoms in total. The van der Waals surface area contributed by atoms with Gasteiger partial charge in [0.05, 0.1) is 16.8 Å². The van der Waals surface area contributed by atoms with E-state index < -0.39 is 5.97 Å². The van der Waals surface area contributed by atoms with Crippen molar-refractivity contribution in [3.63, 3.8) is 0 Å². The Morgan fingerprint density at radius 3 is 2.31 bits per heavy atom. The van der Waals surface area contributed by atoms with Gasteiger partial charge in [-0.25, -0.2) is 9.78 Å². The fraction of sp³-hybridized carbons (Fsp3) is 0.100. The quantitative estimate of drug-likeness (QED) is 0.297.